The summed E-state index contributed by atoms with van der Waals surface area (Å²) in [5.74, 6) is 0.185. The van der Waals surface area contributed by atoms with Gasteiger partial charge in [0.15, 0.2) is 0 Å². The standard InChI is InChI=1S/C25H45N5O4/c1-33-15-5-14-30-22(26)19(24(31)27-12-11-17-7-9-18(34-2)10-8-17)16-20-23(30)28-21-6-3-4-13-29(21)25(20)32/h17-23,28H,3-16,26H2,1-2H3,(H,27,31). The molecule has 0 aromatic heterocycles. The van der Waals surface area contributed by atoms with Crippen LogP contribution in [-0.4, -0.2) is 86.7 Å². The Morgan fingerprint density at radius 3 is 2.71 bits per heavy atom. The first-order valence-electron chi connectivity index (χ1n) is 13.4. The van der Waals surface area contributed by atoms with E-state index in [1.54, 1.807) is 14.2 Å². The Balaban J connectivity index is 1.37. The summed E-state index contributed by atoms with van der Waals surface area (Å²) < 4.78 is 10.7. The molecule has 4 rings (SSSR count). The summed E-state index contributed by atoms with van der Waals surface area (Å²) in [5.41, 5.74) is 6.72. The van der Waals surface area contributed by atoms with Gasteiger partial charge in [-0.3, -0.25) is 19.8 Å². The number of hydrogen-bond acceptors (Lipinski definition) is 7. The number of hydrogen-bond donors (Lipinski definition) is 3. The van der Waals surface area contributed by atoms with Gasteiger partial charge in [-0.1, -0.05) is 0 Å². The van der Waals surface area contributed by atoms with Gasteiger partial charge >= 0.3 is 0 Å². The van der Waals surface area contributed by atoms with Crippen molar-refractivity contribution in [3.63, 3.8) is 0 Å². The number of nitrogens with zero attached hydrogens (tertiary/aromatic N) is 2. The second-order valence-corrected chi connectivity index (χ2v) is 10.6. The Bertz CT molecular complexity index is 686. The molecule has 4 N–H and O–H groups in total. The normalized spacial score (nSPS) is 36.6. The molecule has 194 valence electrons. The van der Waals surface area contributed by atoms with Crippen LogP contribution in [0.2, 0.25) is 0 Å². The molecular weight excluding hydrogens is 434 g/mol. The third-order valence-corrected chi connectivity index (χ3v) is 8.59. The fraction of sp³-hybridized carbons (Fsp3) is 0.920. The summed E-state index contributed by atoms with van der Waals surface area (Å²) in [7, 11) is 3.49. The van der Waals surface area contributed by atoms with Crippen molar-refractivity contribution in [2.75, 3.05) is 40.5 Å². The lowest BCUT2D eigenvalue weighted by molar-refractivity contribution is -0.162. The average molecular weight is 480 g/mol. The maximum atomic E-state index is 13.5. The van der Waals surface area contributed by atoms with E-state index in [-0.39, 0.29) is 36.0 Å². The maximum absolute atomic E-state index is 13.5. The lowest BCUT2D eigenvalue weighted by Gasteiger charge is -2.55. The third-order valence-electron chi connectivity index (χ3n) is 8.59. The zero-order chi connectivity index (χ0) is 24.1. The number of fused-ring (bicyclic) bond motifs is 2. The second kappa shape index (κ2) is 12.1. The molecule has 3 saturated heterocycles. The summed E-state index contributed by atoms with van der Waals surface area (Å²) in [6, 6.07) is 0. The molecule has 1 saturated carbocycles. The van der Waals surface area contributed by atoms with Crippen molar-refractivity contribution in [1.29, 1.82) is 0 Å². The molecule has 9 heteroatoms. The van der Waals surface area contributed by atoms with E-state index in [0.29, 0.717) is 38.1 Å². The van der Waals surface area contributed by atoms with Crippen molar-refractivity contribution < 1.29 is 19.1 Å². The fourth-order valence-corrected chi connectivity index (χ4v) is 6.54. The summed E-state index contributed by atoms with van der Waals surface area (Å²) >= 11 is 0. The van der Waals surface area contributed by atoms with Crippen LogP contribution >= 0.6 is 0 Å². The third kappa shape index (κ3) is 5.75. The van der Waals surface area contributed by atoms with E-state index in [0.717, 1.165) is 64.3 Å². The molecule has 5 atom stereocenters. The number of carbonyl (C=O) groups excluding carboxylic acids is 2. The highest BCUT2D eigenvalue weighted by molar-refractivity contribution is 5.84. The molecule has 9 nitrogen and oxygen atoms in total. The lowest BCUT2D eigenvalue weighted by atomic mass is 9.80. The Morgan fingerprint density at radius 1 is 1.18 bits per heavy atom. The van der Waals surface area contributed by atoms with Crippen LogP contribution in [0.25, 0.3) is 0 Å². The van der Waals surface area contributed by atoms with Crippen molar-refractivity contribution in [3.05, 3.63) is 0 Å². The monoisotopic (exact) mass is 479 g/mol. The molecule has 3 aliphatic heterocycles. The minimum absolute atomic E-state index is 0.0122. The van der Waals surface area contributed by atoms with Crippen LogP contribution in [0.5, 0.6) is 0 Å². The largest absolute Gasteiger partial charge is 0.385 e. The lowest BCUT2D eigenvalue weighted by Crippen LogP contribution is -2.74. The van der Waals surface area contributed by atoms with Gasteiger partial charge in [0.05, 0.1) is 36.4 Å². The quantitative estimate of drug-likeness (QED) is 0.427. The van der Waals surface area contributed by atoms with Crippen molar-refractivity contribution in [2.24, 2.45) is 23.5 Å². The Kier molecular flexibility index (Phi) is 9.21. The molecule has 3 heterocycles. The topological polar surface area (TPSA) is 109 Å². The van der Waals surface area contributed by atoms with Crippen LogP contribution in [0.15, 0.2) is 0 Å². The summed E-state index contributed by atoms with van der Waals surface area (Å²) in [6.45, 7) is 2.81. The molecule has 5 unspecified atom stereocenters. The van der Waals surface area contributed by atoms with Gasteiger partial charge in [-0.25, -0.2) is 0 Å². The van der Waals surface area contributed by atoms with E-state index in [1.807, 2.05) is 4.90 Å². The highest BCUT2D eigenvalue weighted by Gasteiger charge is 2.52. The van der Waals surface area contributed by atoms with E-state index >= 15 is 0 Å². The van der Waals surface area contributed by atoms with Crippen LogP contribution in [0, 0.1) is 17.8 Å². The molecule has 0 aromatic carbocycles. The zero-order valence-electron chi connectivity index (χ0n) is 21.0. The predicted octanol–water partition coefficient (Wildman–Crippen LogP) is 1.23. The maximum Gasteiger partial charge on any atom is 0.229 e. The number of amides is 2. The molecule has 0 aromatic rings. The van der Waals surface area contributed by atoms with Crippen LogP contribution in [0.3, 0.4) is 0 Å². The van der Waals surface area contributed by atoms with Gasteiger partial charge in [0, 0.05) is 40.5 Å². The van der Waals surface area contributed by atoms with Gasteiger partial charge in [-0.05, 0) is 70.1 Å². The van der Waals surface area contributed by atoms with Crippen LogP contribution in [0.1, 0.15) is 64.2 Å². The number of piperidine rings is 2. The smallest absolute Gasteiger partial charge is 0.229 e. The van der Waals surface area contributed by atoms with Crippen LogP contribution in [-0.2, 0) is 19.1 Å². The zero-order valence-corrected chi connectivity index (χ0v) is 21.0. The van der Waals surface area contributed by atoms with Gasteiger partial charge in [0.25, 0.3) is 0 Å². The molecular formula is C25H45N5O4. The first-order chi connectivity index (χ1) is 16.5. The van der Waals surface area contributed by atoms with Crippen LogP contribution in [0.4, 0.5) is 0 Å². The second-order valence-electron chi connectivity index (χ2n) is 10.6. The van der Waals surface area contributed by atoms with Crippen molar-refractivity contribution in [2.45, 2.75) is 88.8 Å². The number of rotatable bonds is 9. The van der Waals surface area contributed by atoms with Gasteiger partial charge in [0.1, 0.15) is 0 Å². The fourth-order valence-electron chi connectivity index (χ4n) is 6.54. The number of nitrogens with two attached hydrogens (primary N) is 1. The van der Waals surface area contributed by atoms with Gasteiger partial charge in [-0.15, -0.1) is 0 Å². The predicted molar refractivity (Wildman–Crippen MR) is 129 cm³/mol. The molecule has 4 aliphatic rings. The Labute approximate surface area is 204 Å². The number of likely N-dealkylation sites (tertiary alicyclic amines) is 1. The first kappa shape index (κ1) is 25.8. The first-order valence-corrected chi connectivity index (χ1v) is 13.4. The summed E-state index contributed by atoms with van der Waals surface area (Å²) in [5, 5.41) is 6.88. The van der Waals surface area contributed by atoms with Gasteiger partial charge < -0.3 is 25.4 Å². The SMILES string of the molecule is COCCCN1C(N)C(C(=O)NCCC2CCC(OC)CC2)CC2C(=O)N3CCCCC3NC21. The van der Waals surface area contributed by atoms with Crippen molar-refractivity contribution in [3.8, 4) is 0 Å². The molecule has 2 amide bonds. The summed E-state index contributed by atoms with van der Waals surface area (Å²) in [6.07, 6.45) is 9.95. The Hall–Kier alpha value is -1.26. The average Bonchev–Trinajstić information content (AvgIpc) is 2.86. The summed E-state index contributed by atoms with van der Waals surface area (Å²) in [4.78, 5) is 30.9. The van der Waals surface area contributed by atoms with Crippen LogP contribution < -0.4 is 16.4 Å². The molecule has 0 radical (unpaired) electrons. The molecule has 34 heavy (non-hydrogen) atoms. The minimum Gasteiger partial charge on any atom is -0.385 e. The van der Waals surface area contributed by atoms with Crippen molar-refractivity contribution in [1.82, 2.24) is 20.4 Å². The van der Waals surface area contributed by atoms with E-state index in [4.69, 9.17) is 15.2 Å². The minimum atomic E-state index is -0.411. The van der Waals surface area contributed by atoms with E-state index in [2.05, 4.69) is 15.5 Å². The molecule has 0 bridgehead atoms. The molecule has 0 spiro atoms. The highest BCUT2D eigenvalue weighted by Crippen LogP contribution is 2.36. The van der Waals surface area contributed by atoms with E-state index in [9.17, 15) is 9.59 Å². The van der Waals surface area contributed by atoms with Crippen molar-refractivity contribution >= 4 is 11.8 Å². The number of nitrogens with one attached hydrogen (secondary N) is 2. The number of carbonyl (C=O) groups is 2. The molecule has 1 aliphatic carbocycles. The highest BCUT2D eigenvalue weighted by atomic mass is 16.5. The van der Waals surface area contributed by atoms with Gasteiger partial charge in [-0.2, -0.15) is 0 Å². The number of ether oxygens (including phenoxy) is 2. The number of methoxy groups -OCH3 is 2. The molecule has 4 fully saturated rings. The van der Waals surface area contributed by atoms with E-state index in [1.165, 1.54) is 0 Å². The Morgan fingerprint density at radius 2 is 1.97 bits per heavy atom. The van der Waals surface area contributed by atoms with E-state index < -0.39 is 6.17 Å². The van der Waals surface area contributed by atoms with Gasteiger partial charge in [0.2, 0.25) is 11.8 Å².